The molecule has 0 unspecified atom stereocenters. The molecule has 2 aromatic heterocycles. The largest absolute Gasteiger partial charge is 0.278 e. The third-order valence-electron chi connectivity index (χ3n) is 5.83. The van der Waals surface area contributed by atoms with Crippen LogP contribution in [0.3, 0.4) is 0 Å². The van der Waals surface area contributed by atoms with Crippen molar-refractivity contribution in [1.29, 1.82) is 0 Å². The third kappa shape index (κ3) is 3.78. The molecule has 0 atom stereocenters. The molecule has 0 fully saturated rings. The maximum Gasteiger partial charge on any atom is 0.175 e. The van der Waals surface area contributed by atoms with E-state index in [1.54, 1.807) is 42.6 Å². The van der Waals surface area contributed by atoms with E-state index in [-0.39, 0.29) is 16.6 Å². The lowest BCUT2D eigenvalue weighted by Gasteiger charge is -2.19. The summed E-state index contributed by atoms with van der Waals surface area (Å²) >= 11 is 0. The topological polar surface area (TPSA) is 75.7 Å². The average molecular weight is 460 g/mol. The summed E-state index contributed by atoms with van der Waals surface area (Å²) in [4.78, 5) is 5.34. The molecule has 33 heavy (non-hydrogen) atoms. The molecular formula is C26H22FN3O2S. The number of pyridine rings is 1. The summed E-state index contributed by atoms with van der Waals surface area (Å²) in [5.74, 6) is -0.189. The van der Waals surface area contributed by atoms with Crippen molar-refractivity contribution in [2.45, 2.75) is 24.7 Å². The van der Waals surface area contributed by atoms with Crippen LogP contribution in [0.4, 0.5) is 4.39 Å². The number of nitrogens with zero attached hydrogens (tertiary/aromatic N) is 2. The summed E-state index contributed by atoms with van der Waals surface area (Å²) in [6, 6.07) is 17.4. The van der Waals surface area contributed by atoms with Crippen LogP contribution in [0.5, 0.6) is 0 Å². The summed E-state index contributed by atoms with van der Waals surface area (Å²) in [6.07, 6.45) is 2.97. The lowest BCUT2D eigenvalue weighted by molar-refractivity contribution is 0.602. The second kappa shape index (κ2) is 7.78. The first-order valence-electron chi connectivity index (χ1n) is 10.6. The molecule has 5 aromatic rings. The summed E-state index contributed by atoms with van der Waals surface area (Å²) in [7, 11) is -3.30. The Labute approximate surface area is 191 Å². The number of nitrogens with one attached hydrogen (secondary N) is 1. The molecule has 0 radical (unpaired) electrons. The number of hydrogen-bond donors (Lipinski definition) is 1. The van der Waals surface area contributed by atoms with Crippen molar-refractivity contribution in [2.75, 3.05) is 6.26 Å². The van der Waals surface area contributed by atoms with E-state index in [2.05, 4.69) is 30.1 Å². The van der Waals surface area contributed by atoms with E-state index in [0.29, 0.717) is 0 Å². The number of halogens is 1. The Morgan fingerprint density at radius 3 is 2.21 bits per heavy atom. The van der Waals surface area contributed by atoms with Crippen LogP contribution in [0, 0.1) is 5.82 Å². The lowest BCUT2D eigenvalue weighted by atomic mass is 9.90. The maximum absolute atomic E-state index is 13.7. The smallest absolute Gasteiger partial charge is 0.175 e. The van der Waals surface area contributed by atoms with Gasteiger partial charge in [-0.05, 0) is 53.3 Å². The molecule has 5 nitrogen and oxygen atoms in total. The number of sulfone groups is 1. The molecule has 5 rings (SSSR count). The minimum Gasteiger partial charge on any atom is -0.278 e. The third-order valence-corrected chi connectivity index (χ3v) is 6.96. The van der Waals surface area contributed by atoms with Crippen molar-refractivity contribution in [3.8, 4) is 22.4 Å². The molecule has 0 bridgehead atoms. The first kappa shape index (κ1) is 21.3. The second-order valence-corrected chi connectivity index (χ2v) is 10.5. The van der Waals surface area contributed by atoms with E-state index < -0.39 is 9.84 Å². The van der Waals surface area contributed by atoms with Crippen molar-refractivity contribution < 1.29 is 12.8 Å². The van der Waals surface area contributed by atoms with Crippen molar-refractivity contribution in [3.05, 3.63) is 78.4 Å². The molecule has 0 aliphatic carbocycles. The minimum absolute atomic E-state index is 0.101. The number of aromatic amines is 1. The Balaban J connectivity index is 1.87. The highest BCUT2D eigenvalue weighted by Crippen LogP contribution is 2.40. The van der Waals surface area contributed by atoms with E-state index in [9.17, 15) is 12.8 Å². The molecule has 7 heteroatoms. The zero-order valence-corrected chi connectivity index (χ0v) is 19.2. The first-order valence-corrected chi connectivity index (χ1v) is 12.5. The van der Waals surface area contributed by atoms with Gasteiger partial charge >= 0.3 is 0 Å². The average Bonchev–Trinajstić information content (AvgIpc) is 3.24. The zero-order valence-electron chi connectivity index (χ0n) is 18.4. The molecule has 3 aromatic carbocycles. The van der Waals surface area contributed by atoms with E-state index in [1.165, 1.54) is 18.4 Å². The molecule has 2 heterocycles. The molecule has 0 spiro atoms. The minimum atomic E-state index is -3.30. The molecule has 0 aliphatic heterocycles. The van der Waals surface area contributed by atoms with Crippen LogP contribution in [0.15, 0.2) is 71.8 Å². The standard InChI is InChI=1S/C26H22FN3O2S/c1-15(2)25-24(16-4-8-19(27)9-5-16)21-12-18-14-28-30-23(18)13-22(21)26(29-25)17-6-10-20(11-7-17)33(3,31)32/h4-15H,1-3H3,(H,28,30). The highest BCUT2D eigenvalue weighted by molar-refractivity contribution is 7.90. The van der Waals surface area contributed by atoms with Crippen LogP contribution < -0.4 is 0 Å². The predicted octanol–water partition coefficient (Wildman–Crippen LogP) is 6.11. The Kier molecular flexibility index (Phi) is 5.01. The Morgan fingerprint density at radius 1 is 0.909 bits per heavy atom. The fraction of sp³-hybridized carbons (Fsp3) is 0.154. The van der Waals surface area contributed by atoms with Gasteiger partial charge in [0.05, 0.1) is 28.0 Å². The molecular weight excluding hydrogens is 437 g/mol. The molecule has 0 aliphatic rings. The number of rotatable bonds is 4. The highest BCUT2D eigenvalue weighted by Gasteiger charge is 2.20. The van der Waals surface area contributed by atoms with Gasteiger partial charge in [-0.25, -0.2) is 12.8 Å². The second-order valence-electron chi connectivity index (χ2n) is 8.53. The van der Waals surface area contributed by atoms with Crippen molar-refractivity contribution in [2.24, 2.45) is 0 Å². The Morgan fingerprint density at radius 2 is 1.58 bits per heavy atom. The van der Waals surface area contributed by atoms with Gasteiger partial charge in [-0.1, -0.05) is 38.1 Å². The fourth-order valence-electron chi connectivity index (χ4n) is 4.19. The monoisotopic (exact) mass is 459 g/mol. The molecule has 0 saturated heterocycles. The van der Waals surface area contributed by atoms with Crippen molar-refractivity contribution >= 4 is 31.5 Å². The van der Waals surface area contributed by atoms with E-state index in [0.717, 1.165) is 49.8 Å². The summed E-state index contributed by atoms with van der Waals surface area (Å²) in [6.45, 7) is 4.15. The van der Waals surface area contributed by atoms with Gasteiger partial charge in [0.25, 0.3) is 0 Å². The van der Waals surface area contributed by atoms with Crippen LogP contribution >= 0.6 is 0 Å². The summed E-state index contributed by atoms with van der Waals surface area (Å²) in [5, 5.41) is 10.0. The SMILES string of the molecule is CC(C)c1nc(-c2ccc(S(C)(=O)=O)cc2)c2cc3[nH]ncc3cc2c1-c1ccc(F)cc1. The van der Waals surface area contributed by atoms with Gasteiger partial charge in [-0.15, -0.1) is 0 Å². The number of H-pyrrole nitrogens is 1. The van der Waals surface area contributed by atoms with Gasteiger partial charge in [0.15, 0.2) is 9.84 Å². The summed E-state index contributed by atoms with van der Waals surface area (Å²) < 4.78 is 37.5. The number of fused-ring (bicyclic) bond motifs is 2. The van der Waals surface area contributed by atoms with Crippen LogP contribution in [0.2, 0.25) is 0 Å². The van der Waals surface area contributed by atoms with Gasteiger partial charge in [-0.2, -0.15) is 5.10 Å². The van der Waals surface area contributed by atoms with Gasteiger partial charge < -0.3 is 0 Å². The quantitative estimate of drug-likeness (QED) is 0.352. The van der Waals surface area contributed by atoms with Crippen molar-refractivity contribution in [1.82, 2.24) is 15.2 Å². The maximum atomic E-state index is 13.7. The number of hydrogen-bond acceptors (Lipinski definition) is 4. The highest BCUT2D eigenvalue weighted by atomic mass is 32.2. The molecule has 0 saturated carbocycles. The predicted molar refractivity (Wildman–Crippen MR) is 129 cm³/mol. The fourth-order valence-corrected chi connectivity index (χ4v) is 4.82. The van der Waals surface area contributed by atoms with Crippen molar-refractivity contribution in [3.63, 3.8) is 0 Å². The van der Waals surface area contributed by atoms with Gasteiger partial charge in [0.1, 0.15) is 5.82 Å². The first-order chi connectivity index (χ1) is 15.7. The van der Waals surface area contributed by atoms with Crippen LogP contribution in [0.25, 0.3) is 44.1 Å². The molecule has 0 amide bonds. The van der Waals surface area contributed by atoms with E-state index >= 15 is 0 Å². The normalized spacial score (nSPS) is 12.2. The Hall–Kier alpha value is -3.58. The Bertz CT molecular complexity index is 1600. The van der Waals surface area contributed by atoms with Crippen LogP contribution in [0.1, 0.15) is 25.5 Å². The zero-order chi connectivity index (χ0) is 23.3. The van der Waals surface area contributed by atoms with E-state index in [1.807, 2.05) is 6.07 Å². The van der Waals surface area contributed by atoms with Crippen LogP contribution in [-0.2, 0) is 9.84 Å². The molecule has 1 N–H and O–H groups in total. The number of aromatic nitrogens is 3. The number of benzene rings is 3. The van der Waals surface area contributed by atoms with E-state index in [4.69, 9.17) is 4.98 Å². The summed E-state index contributed by atoms with van der Waals surface area (Å²) in [5.41, 5.74) is 5.19. The van der Waals surface area contributed by atoms with Crippen LogP contribution in [-0.4, -0.2) is 29.9 Å². The molecule has 166 valence electrons. The van der Waals surface area contributed by atoms with Gasteiger partial charge in [-0.3, -0.25) is 10.1 Å². The van der Waals surface area contributed by atoms with Gasteiger partial charge in [0, 0.05) is 28.2 Å². The van der Waals surface area contributed by atoms with Gasteiger partial charge in [0.2, 0.25) is 0 Å². The lowest BCUT2D eigenvalue weighted by Crippen LogP contribution is -2.02.